The van der Waals surface area contributed by atoms with Crippen LogP contribution in [-0.2, 0) is 11.8 Å². The number of fused-ring (bicyclic) bond motifs is 3. The standard InChI is InChI=1S/C22H18N6O2S2/c1-28-17-6-4-3-5-15(17)19-20(28)25-22(27-26-19)32-12-18(29)24-21-23-16(11-31-21)13-7-9-14(30-2)10-8-13/h3-11H,12H2,1-2H3,(H,23,24,29). The summed E-state index contributed by atoms with van der Waals surface area (Å²) >= 11 is 2.62. The van der Waals surface area contributed by atoms with Gasteiger partial charge in [-0.2, -0.15) is 0 Å². The maximum atomic E-state index is 12.4. The van der Waals surface area contributed by atoms with Crippen LogP contribution >= 0.6 is 23.1 Å². The Balaban J connectivity index is 1.25. The number of benzene rings is 2. The number of hydrogen-bond donors (Lipinski definition) is 1. The van der Waals surface area contributed by atoms with Crippen molar-refractivity contribution in [2.24, 2.45) is 7.05 Å². The molecule has 2 aromatic carbocycles. The van der Waals surface area contributed by atoms with Gasteiger partial charge in [-0.1, -0.05) is 30.0 Å². The van der Waals surface area contributed by atoms with E-state index in [9.17, 15) is 4.79 Å². The number of rotatable bonds is 6. The summed E-state index contributed by atoms with van der Waals surface area (Å²) in [5, 5.41) is 15.3. The van der Waals surface area contributed by atoms with Gasteiger partial charge in [-0.05, 0) is 30.3 Å². The van der Waals surface area contributed by atoms with E-state index in [2.05, 4.69) is 25.5 Å². The molecular formula is C22H18N6O2S2. The van der Waals surface area contributed by atoms with Crippen LogP contribution in [0.2, 0.25) is 0 Å². The average molecular weight is 463 g/mol. The first-order valence-electron chi connectivity index (χ1n) is 9.73. The molecule has 1 amide bonds. The summed E-state index contributed by atoms with van der Waals surface area (Å²) in [6.45, 7) is 0. The first-order chi connectivity index (χ1) is 15.6. The van der Waals surface area contributed by atoms with Crippen molar-refractivity contribution in [3.63, 3.8) is 0 Å². The van der Waals surface area contributed by atoms with Gasteiger partial charge in [0.05, 0.1) is 24.1 Å². The molecule has 10 heteroatoms. The lowest BCUT2D eigenvalue weighted by molar-refractivity contribution is -0.113. The number of hydrogen-bond acceptors (Lipinski definition) is 8. The second-order valence-corrected chi connectivity index (χ2v) is 8.75. The molecule has 1 N–H and O–H groups in total. The Bertz CT molecular complexity index is 1430. The number of nitrogens with one attached hydrogen (secondary N) is 1. The minimum atomic E-state index is -0.175. The maximum absolute atomic E-state index is 12.4. The van der Waals surface area contributed by atoms with E-state index >= 15 is 0 Å². The Morgan fingerprint density at radius 1 is 1.12 bits per heavy atom. The van der Waals surface area contributed by atoms with Crippen molar-refractivity contribution in [3.05, 3.63) is 53.9 Å². The molecule has 3 aromatic heterocycles. The third-order valence-corrected chi connectivity index (χ3v) is 6.55. The summed E-state index contributed by atoms with van der Waals surface area (Å²) in [7, 11) is 3.58. The lowest BCUT2D eigenvalue weighted by Gasteiger charge is -2.02. The van der Waals surface area contributed by atoms with Crippen molar-refractivity contribution in [1.29, 1.82) is 0 Å². The average Bonchev–Trinajstić information content (AvgIpc) is 3.41. The summed E-state index contributed by atoms with van der Waals surface area (Å²) in [5.41, 5.74) is 4.30. The van der Waals surface area contributed by atoms with Crippen molar-refractivity contribution in [1.82, 2.24) is 24.7 Å². The summed E-state index contributed by atoms with van der Waals surface area (Å²) in [6.07, 6.45) is 0. The number of nitrogens with zero attached hydrogens (tertiary/aromatic N) is 5. The molecule has 0 unspecified atom stereocenters. The first kappa shape index (κ1) is 20.4. The zero-order valence-corrected chi connectivity index (χ0v) is 18.9. The molecule has 0 saturated carbocycles. The van der Waals surface area contributed by atoms with Gasteiger partial charge < -0.3 is 14.6 Å². The van der Waals surface area contributed by atoms with E-state index in [4.69, 9.17) is 4.74 Å². The van der Waals surface area contributed by atoms with Crippen LogP contribution in [0.25, 0.3) is 33.3 Å². The fourth-order valence-corrected chi connectivity index (χ4v) is 4.68. The molecule has 0 aliphatic rings. The molecule has 0 bridgehead atoms. The van der Waals surface area contributed by atoms with Gasteiger partial charge in [0.2, 0.25) is 11.1 Å². The monoisotopic (exact) mass is 462 g/mol. The number of methoxy groups -OCH3 is 1. The van der Waals surface area contributed by atoms with Gasteiger partial charge in [0.1, 0.15) is 11.3 Å². The third-order valence-electron chi connectivity index (χ3n) is 4.96. The van der Waals surface area contributed by atoms with Gasteiger partial charge in [-0.15, -0.1) is 21.5 Å². The van der Waals surface area contributed by atoms with E-state index in [1.807, 2.05) is 65.5 Å². The lowest BCUT2D eigenvalue weighted by Crippen LogP contribution is -2.14. The first-order valence-corrected chi connectivity index (χ1v) is 11.6. The fraction of sp³-hybridized carbons (Fsp3) is 0.136. The van der Waals surface area contributed by atoms with Crippen molar-refractivity contribution < 1.29 is 9.53 Å². The van der Waals surface area contributed by atoms with Crippen molar-refractivity contribution >= 4 is 56.2 Å². The molecule has 5 rings (SSSR count). The number of amides is 1. The highest BCUT2D eigenvalue weighted by atomic mass is 32.2. The van der Waals surface area contributed by atoms with Crippen molar-refractivity contribution in [3.8, 4) is 17.0 Å². The largest absolute Gasteiger partial charge is 0.497 e. The number of anilines is 1. The third kappa shape index (κ3) is 3.90. The van der Waals surface area contributed by atoms with Gasteiger partial charge in [0.15, 0.2) is 10.8 Å². The normalized spacial score (nSPS) is 11.2. The zero-order valence-electron chi connectivity index (χ0n) is 17.3. The Labute approximate surface area is 191 Å². The molecule has 0 radical (unpaired) electrons. The number of para-hydroxylation sites is 1. The van der Waals surface area contributed by atoms with E-state index in [1.54, 1.807) is 7.11 Å². The number of thiazole rings is 1. The molecule has 32 heavy (non-hydrogen) atoms. The van der Waals surface area contributed by atoms with Crippen LogP contribution in [0.15, 0.2) is 59.1 Å². The van der Waals surface area contributed by atoms with E-state index in [1.165, 1.54) is 23.1 Å². The van der Waals surface area contributed by atoms with Crippen LogP contribution in [0.5, 0.6) is 5.75 Å². The predicted octanol–water partition coefficient (Wildman–Crippen LogP) is 4.38. The molecule has 3 heterocycles. The van der Waals surface area contributed by atoms with Gasteiger partial charge in [-0.3, -0.25) is 4.79 Å². The predicted molar refractivity (Wildman–Crippen MR) is 127 cm³/mol. The van der Waals surface area contributed by atoms with Crippen molar-refractivity contribution in [2.45, 2.75) is 5.16 Å². The minimum absolute atomic E-state index is 0.161. The van der Waals surface area contributed by atoms with Crippen LogP contribution < -0.4 is 10.1 Å². The maximum Gasteiger partial charge on any atom is 0.236 e. The number of aryl methyl sites for hydroxylation is 1. The summed E-state index contributed by atoms with van der Waals surface area (Å²) in [4.78, 5) is 21.5. The fourth-order valence-electron chi connectivity index (χ4n) is 3.36. The molecular weight excluding hydrogens is 444 g/mol. The molecule has 160 valence electrons. The summed E-state index contributed by atoms with van der Waals surface area (Å²) in [6, 6.07) is 15.6. The van der Waals surface area contributed by atoms with Gasteiger partial charge >= 0.3 is 0 Å². The van der Waals surface area contributed by atoms with Crippen LogP contribution in [0, 0.1) is 0 Å². The Morgan fingerprint density at radius 2 is 1.94 bits per heavy atom. The van der Waals surface area contributed by atoms with E-state index in [-0.39, 0.29) is 11.7 Å². The van der Waals surface area contributed by atoms with Crippen LogP contribution in [0.1, 0.15) is 0 Å². The van der Waals surface area contributed by atoms with Gasteiger partial charge in [0, 0.05) is 23.4 Å². The number of carbonyl (C=O) groups is 1. The Hall–Kier alpha value is -3.50. The van der Waals surface area contributed by atoms with Crippen LogP contribution in [0.3, 0.4) is 0 Å². The summed E-state index contributed by atoms with van der Waals surface area (Å²) in [5.74, 6) is 0.772. The number of ether oxygens (including phenoxy) is 1. The zero-order chi connectivity index (χ0) is 22.1. The molecule has 0 atom stereocenters. The smallest absolute Gasteiger partial charge is 0.236 e. The summed E-state index contributed by atoms with van der Waals surface area (Å²) < 4.78 is 7.16. The quantitative estimate of drug-likeness (QED) is 0.374. The molecule has 5 aromatic rings. The van der Waals surface area contributed by atoms with Gasteiger partial charge in [0.25, 0.3) is 0 Å². The molecule has 0 spiro atoms. The highest BCUT2D eigenvalue weighted by molar-refractivity contribution is 7.99. The van der Waals surface area contributed by atoms with E-state index < -0.39 is 0 Å². The van der Waals surface area contributed by atoms with Crippen LogP contribution in [-0.4, -0.2) is 43.5 Å². The molecule has 0 saturated heterocycles. The Kier molecular flexibility index (Phi) is 5.46. The molecule has 0 fully saturated rings. The highest BCUT2D eigenvalue weighted by Gasteiger charge is 2.14. The lowest BCUT2D eigenvalue weighted by atomic mass is 10.2. The van der Waals surface area contributed by atoms with E-state index in [0.29, 0.717) is 10.3 Å². The molecule has 0 aliphatic heterocycles. The second-order valence-electron chi connectivity index (χ2n) is 6.95. The Morgan fingerprint density at radius 3 is 2.75 bits per heavy atom. The number of carbonyl (C=O) groups excluding carboxylic acids is 1. The SMILES string of the molecule is COc1ccc(-c2csc(NC(=O)CSc3nnc4c5ccccc5n(C)c4n3)n2)cc1. The highest BCUT2D eigenvalue weighted by Crippen LogP contribution is 2.28. The van der Waals surface area contributed by atoms with Gasteiger partial charge in [-0.25, -0.2) is 9.97 Å². The second kappa shape index (κ2) is 8.56. The van der Waals surface area contributed by atoms with Crippen LogP contribution in [0.4, 0.5) is 5.13 Å². The minimum Gasteiger partial charge on any atom is -0.497 e. The number of aromatic nitrogens is 5. The van der Waals surface area contributed by atoms with E-state index in [0.717, 1.165) is 39.1 Å². The molecule has 8 nitrogen and oxygen atoms in total. The number of thioether (sulfide) groups is 1. The molecule has 0 aliphatic carbocycles. The van der Waals surface area contributed by atoms with Crippen molar-refractivity contribution in [2.75, 3.05) is 18.2 Å². The topological polar surface area (TPSA) is 94.8 Å².